The molecular formula is C15H23NO6. The topological polar surface area (TPSA) is 82.1 Å². The molecule has 0 aromatic carbocycles. The lowest BCUT2D eigenvalue weighted by Crippen LogP contribution is -2.65. The van der Waals surface area contributed by atoms with E-state index in [1.54, 1.807) is 0 Å². The van der Waals surface area contributed by atoms with E-state index in [2.05, 4.69) is 4.90 Å². The van der Waals surface area contributed by atoms with E-state index in [1.807, 2.05) is 0 Å². The van der Waals surface area contributed by atoms with Crippen LogP contribution < -0.4 is 0 Å². The highest BCUT2D eigenvalue weighted by atomic mass is 16.6. The standard InChI is InChI=1S/C15H23NO6/c1-9(17)20-13-8-16-7-5-4-6-12(16)14(21-10(2)18)15(13)22-11(3)19/h12-15H,4-8H2,1-3H3/t12-,13-,14+,15+/m0/s1. The van der Waals surface area contributed by atoms with Crippen LogP contribution in [0, 0.1) is 0 Å². The molecule has 0 N–H and O–H groups in total. The molecule has 2 fully saturated rings. The van der Waals surface area contributed by atoms with Gasteiger partial charge in [-0.15, -0.1) is 0 Å². The maximum atomic E-state index is 11.5. The van der Waals surface area contributed by atoms with Crippen LogP contribution in [0.5, 0.6) is 0 Å². The third-order valence-corrected chi connectivity index (χ3v) is 4.07. The van der Waals surface area contributed by atoms with Crippen molar-refractivity contribution in [1.82, 2.24) is 4.90 Å². The molecule has 0 unspecified atom stereocenters. The Morgan fingerprint density at radius 1 is 0.864 bits per heavy atom. The first-order valence-corrected chi connectivity index (χ1v) is 7.64. The maximum absolute atomic E-state index is 11.5. The summed E-state index contributed by atoms with van der Waals surface area (Å²) in [6.07, 6.45) is 0.949. The van der Waals surface area contributed by atoms with Crippen molar-refractivity contribution >= 4 is 17.9 Å². The molecule has 0 saturated carbocycles. The summed E-state index contributed by atoms with van der Waals surface area (Å²) in [4.78, 5) is 36.4. The van der Waals surface area contributed by atoms with Crippen molar-refractivity contribution in [3.05, 3.63) is 0 Å². The van der Waals surface area contributed by atoms with E-state index in [9.17, 15) is 14.4 Å². The fraction of sp³-hybridized carbons (Fsp3) is 0.800. The van der Waals surface area contributed by atoms with Crippen LogP contribution in [0.25, 0.3) is 0 Å². The fourth-order valence-corrected chi connectivity index (χ4v) is 3.37. The molecule has 2 aliphatic heterocycles. The molecular weight excluding hydrogens is 290 g/mol. The van der Waals surface area contributed by atoms with E-state index in [0.717, 1.165) is 25.8 Å². The summed E-state index contributed by atoms with van der Waals surface area (Å²) in [5.41, 5.74) is 0. The van der Waals surface area contributed by atoms with Crippen molar-refractivity contribution in [3.8, 4) is 0 Å². The average Bonchev–Trinajstić information content (AvgIpc) is 2.41. The van der Waals surface area contributed by atoms with Crippen LogP contribution in [-0.4, -0.2) is 60.3 Å². The second-order valence-electron chi connectivity index (χ2n) is 5.85. The summed E-state index contributed by atoms with van der Waals surface area (Å²) in [6.45, 7) is 5.28. The molecule has 0 radical (unpaired) electrons. The lowest BCUT2D eigenvalue weighted by molar-refractivity contribution is -0.206. The van der Waals surface area contributed by atoms with Crippen LogP contribution in [0.2, 0.25) is 0 Å². The first-order valence-electron chi connectivity index (χ1n) is 7.64. The summed E-state index contributed by atoms with van der Waals surface area (Å²) in [7, 11) is 0. The summed E-state index contributed by atoms with van der Waals surface area (Å²) in [6, 6.07) is -0.00573. The number of hydrogen-bond donors (Lipinski definition) is 0. The Hall–Kier alpha value is -1.63. The third-order valence-electron chi connectivity index (χ3n) is 4.07. The molecule has 0 amide bonds. The zero-order valence-electron chi connectivity index (χ0n) is 13.2. The Kier molecular flexibility index (Phi) is 5.39. The predicted molar refractivity (Wildman–Crippen MR) is 75.9 cm³/mol. The molecule has 0 aliphatic carbocycles. The molecule has 4 atom stereocenters. The first-order chi connectivity index (χ1) is 10.4. The van der Waals surface area contributed by atoms with Crippen molar-refractivity contribution in [2.75, 3.05) is 13.1 Å². The Labute approximate surface area is 129 Å². The van der Waals surface area contributed by atoms with Gasteiger partial charge < -0.3 is 14.2 Å². The monoisotopic (exact) mass is 313 g/mol. The summed E-state index contributed by atoms with van der Waals surface area (Å²) in [5.74, 6) is -1.36. The number of hydrogen-bond acceptors (Lipinski definition) is 7. The highest BCUT2D eigenvalue weighted by Gasteiger charge is 2.49. The van der Waals surface area contributed by atoms with Crippen molar-refractivity contribution < 1.29 is 28.6 Å². The van der Waals surface area contributed by atoms with E-state index < -0.39 is 36.2 Å². The Morgan fingerprint density at radius 2 is 1.45 bits per heavy atom. The molecule has 124 valence electrons. The van der Waals surface area contributed by atoms with Crippen LogP contribution in [0.3, 0.4) is 0 Å². The summed E-state index contributed by atoms with van der Waals surface area (Å²) < 4.78 is 16.1. The number of ether oxygens (including phenoxy) is 3. The SMILES string of the molecule is CC(=O)O[C@H]1[C@H](OC(C)=O)[C@@H]2CCCCN2C[C@@H]1OC(C)=O. The molecule has 2 aliphatic rings. The van der Waals surface area contributed by atoms with Gasteiger partial charge in [-0.1, -0.05) is 6.42 Å². The number of rotatable bonds is 3. The van der Waals surface area contributed by atoms with E-state index in [4.69, 9.17) is 14.2 Å². The van der Waals surface area contributed by atoms with Gasteiger partial charge in [-0.2, -0.15) is 0 Å². The normalized spacial score (nSPS) is 31.8. The van der Waals surface area contributed by atoms with Gasteiger partial charge in [0, 0.05) is 27.3 Å². The second kappa shape index (κ2) is 7.09. The molecule has 2 heterocycles. The lowest BCUT2D eigenvalue weighted by Gasteiger charge is -2.49. The van der Waals surface area contributed by atoms with E-state index in [0.29, 0.717) is 6.54 Å². The van der Waals surface area contributed by atoms with Gasteiger partial charge in [0.05, 0.1) is 6.04 Å². The van der Waals surface area contributed by atoms with E-state index >= 15 is 0 Å². The van der Waals surface area contributed by atoms with Gasteiger partial charge in [0.1, 0.15) is 0 Å². The zero-order valence-corrected chi connectivity index (χ0v) is 13.2. The highest BCUT2D eigenvalue weighted by Crippen LogP contribution is 2.32. The number of nitrogens with zero attached hydrogens (tertiary/aromatic N) is 1. The Balaban J connectivity index is 2.26. The first kappa shape index (κ1) is 16.7. The predicted octanol–water partition coefficient (Wildman–Crippen LogP) is 0.650. The number of esters is 3. The molecule has 7 nitrogen and oxygen atoms in total. The van der Waals surface area contributed by atoms with E-state index in [1.165, 1.54) is 20.8 Å². The Morgan fingerprint density at radius 3 is 2.05 bits per heavy atom. The molecule has 0 bridgehead atoms. The highest BCUT2D eigenvalue weighted by molar-refractivity contribution is 5.68. The smallest absolute Gasteiger partial charge is 0.303 e. The van der Waals surface area contributed by atoms with Crippen molar-refractivity contribution in [1.29, 1.82) is 0 Å². The number of piperidine rings is 2. The van der Waals surface area contributed by atoms with Crippen LogP contribution in [0.15, 0.2) is 0 Å². The number of fused-ring (bicyclic) bond motifs is 1. The maximum Gasteiger partial charge on any atom is 0.303 e. The van der Waals surface area contributed by atoms with Gasteiger partial charge in [0.2, 0.25) is 0 Å². The van der Waals surface area contributed by atoms with Crippen molar-refractivity contribution in [2.45, 2.75) is 64.4 Å². The summed E-state index contributed by atoms with van der Waals surface area (Å²) >= 11 is 0. The van der Waals surface area contributed by atoms with Crippen molar-refractivity contribution in [3.63, 3.8) is 0 Å². The summed E-state index contributed by atoms with van der Waals surface area (Å²) in [5, 5.41) is 0. The second-order valence-corrected chi connectivity index (χ2v) is 5.85. The molecule has 0 aromatic rings. The van der Waals surface area contributed by atoms with Crippen LogP contribution >= 0.6 is 0 Å². The minimum absolute atomic E-state index is 0.00573. The molecule has 2 rings (SSSR count). The van der Waals surface area contributed by atoms with E-state index in [-0.39, 0.29) is 6.04 Å². The fourth-order valence-electron chi connectivity index (χ4n) is 3.37. The van der Waals surface area contributed by atoms with Gasteiger partial charge in [-0.3, -0.25) is 19.3 Å². The van der Waals surface area contributed by atoms with Gasteiger partial charge >= 0.3 is 17.9 Å². The largest absolute Gasteiger partial charge is 0.457 e. The van der Waals surface area contributed by atoms with Crippen LogP contribution in [0.1, 0.15) is 40.0 Å². The molecule has 7 heteroatoms. The van der Waals surface area contributed by atoms with Crippen LogP contribution in [-0.2, 0) is 28.6 Å². The third kappa shape index (κ3) is 3.97. The lowest BCUT2D eigenvalue weighted by atomic mass is 9.87. The zero-order chi connectivity index (χ0) is 16.3. The molecule has 2 saturated heterocycles. The number of carbonyl (C=O) groups excluding carboxylic acids is 3. The molecule has 0 spiro atoms. The van der Waals surface area contributed by atoms with Gasteiger partial charge in [-0.25, -0.2) is 0 Å². The van der Waals surface area contributed by atoms with Gasteiger partial charge in [0.15, 0.2) is 18.3 Å². The van der Waals surface area contributed by atoms with Gasteiger partial charge in [-0.05, 0) is 19.4 Å². The van der Waals surface area contributed by atoms with Crippen molar-refractivity contribution in [2.24, 2.45) is 0 Å². The van der Waals surface area contributed by atoms with Gasteiger partial charge in [0.25, 0.3) is 0 Å². The minimum atomic E-state index is -0.760. The van der Waals surface area contributed by atoms with Crippen LogP contribution in [0.4, 0.5) is 0 Å². The molecule has 0 aromatic heterocycles. The minimum Gasteiger partial charge on any atom is -0.457 e. The number of carbonyl (C=O) groups is 3. The quantitative estimate of drug-likeness (QED) is 0.559. The average molecular weight is 313 g/mol. The molecule has 22 heavy (non-hydrogen) atoms. The Bertz CT molecular complexity index is 451.